The van der Waals surface area contributed by atoms with Crippen molar-refractivity contribution in [1.29, 1.82) is 0 Å². The number of hydrogen-bond donors (Lipinski definition) is 1. The third-order valence-electron chi connectivity index (χ3n) is 4.87. The molecule has 3 heteroatoms. The van der Waals surface area contributed by atoms with Crippen LogP contribution in [0.2, 0.25) is 0 Å². The van der Waals surface area contributed by atoms with Gasteiger partial charge in [-0.05, 0) is 75.9 Å². The van der Waals surface area contributed by atoms with Crippen LogP contribution in [-0.2, 0) is 12.8 Å². The van der Waals surface area contributed by atoms with Crippen molar-refractivity contribution in [1.82, 2.24) is 9.72 Å². The first kappa shape index (κ1) is 19.4. The fourth-order valence-electron chi connectivity index (χ4n) is 3.42. The highest BCUT2D eigenvalue weighted by Crippen LogP contribution is 2.21. The molecule has 0 radical (unpaired) electrons. The highest BCUT2D eigenvalue weighted by molar-refractivity contribution is 6.09. The topological polar surface area (TPSA) is 33.5 Å². The number of benzene rings is 1. The van der Waals surface area contributed by atoms with Gasteiger partial charge in [0, 0.05) is 22.8 Å². The third kappa shape index (κ3) is 4.67. The van der Waals surface area contributed by atoms with Crippen molar-refractivity contribution in [3.63, 3.8) is 0 Å². The number of fused-ring (bicyclic) bond motifs is 1. The van der Waals surface area contributed by atoms with Crippen LogP contribution in [0.5, 0.6) is 0 Å². The predicted octanol–water partition coefficient (Wildman–Crippen LogP) is 5.05. The summed E-state index contributed by atoms with van der Waals surface area (Å²) >= 11 is 0. The summed E-state index contributed by atoms with van der Waals surface area (Å²) < 4.78 is 2.01. The van der Waals surface area contributed by atoms with Crippen molar-refractivity contribution in [3.8, 4) is 0 Å². The molecule has 3 aromatic rings. The second-order valence-corrected chi connectivity index (χ2v) is 8.17. The summed E-state index contributed by atoms with van der Waals surface area (Å²) in [6.45, 7) is 9.65. The van der Waals surface area contributed by atoms with Crippen molar-refractivity contribution in [2.45, 2.75) is 52.5 Å². The van der Waals surface area contributed by atoms with E-state index in [-0.39, 0.29) is 11.3 Å². The first-order valence-electron chi connectivity index (χ1n) is 9.86. The molecule has 1 aromatic carbocycles. The van der Waals surface area contributed by atoms with E-state index in [9.17, 15) is 4.79 Å². The molecule has 27 heavy (non-hydrogen) atoms. The molecule has 0 aliphatic heterocycles. The van der Waals surface area contributed by atoms with E-state index in [4.69, 9.17) is 0 Å². The molecule has 2 heterocycles. The smallest absolute Gasteiger partial charge is 0.210 e. The molecular weight excluding hydrogens is 332 g/mol. The summed E-state index contributed by atoms with van der Waals surface area (Å²) in [5.41, 5.74) is 5.15. The number of ketones is 1. The zero-order chi connectivity index (χ0) is 19.4. The third-order valence-corrected chi connectivity index (χ3v) is 4.87. The average molecular weight is 363 g/mol. The van der Waals surface area contributed by atoms with Crippen molar-refractivity contribution < 1.29 is 4.79 Å². The number of nitrogens with zero attached hydrogens (tertiary/aromatic N) is 1. The van der Waals surface area contributed by atoms with Gasteiger partial charge in [0.25, 0.3) is 0 Å². The Morgan fingerprint density at radius 3 is 2.48 bits per heavy atom. The van der Waals surface area contributed by atoms with E-state index in [0.29, 0.717) is 0 Å². The number of aryl methyl sites for hydroxylation is 2. The number of nitrogens with one attached hydrogen (secondary N) is 1. The van der Waals surface area contributed by atoms with Crippen LogP contribution in [0.25, 0.3) is 5.52 Å². The normalized spacial score (nSPS) is 11.9. The van der Waals surface area contributed by atoms with Gasteiger partial charge in [-0.2, -0.15) is 0 Å². The molecule has 1 N–H and O–H groups in total. The zero-order valence-electron chi connectivity index (χ0n) is 16.9. The minimum absolute atomic E-state index is 0.0963. The van der Waals surface area contributed by atoms with Gasteiger partial charge in [0.15, 0.2) is 0 Å². The Morgan fingerprint density at radius 1 is 1.07 bits per heavy atom. The van der Waals surface area contributed by atoms with E-state index in [1.807, 2.05) is 40.9 Å². The van der Waals surface area contributed by atoms with Crippen LogP contribution < -0.4 is 5.32 Å². The first-order valence-corrected chi connectivity index (χ1v) is 9.86. The van der Waals surface area contributed by atoms with Crippen LogP contribution in [0.3, 0.4) is 0 Å². The molecule has 0 spiro atoms. The lowest BCUT2D eigenvalue weighted by atomic mass is 10.0. The van der Waals surface area contributed by atoms with Gasteiger partial charge in [-0.25, -0.2) is 0 Å². The first-order chi connectivity index (χ1) is 12.9. The fourth-order valence-corrected chi connectivity index (χ4v) is 3.42. The monoisotopic (exact) mass is 362 g/mol. The standard InChI is InChI=1S/C24H30N2O/c1-5-19-17-21-10-6-7-16-26(21)22(19)23(27)20-13-11-18(12-14-20)9-8-15-25-24(2,3)4/h6-7,10-14,16-17,25H,5,8-9,15H2,1-4H3. The quantitative estimate of drug-likeness (QED) is 0.471. The Balaban J connectivity index is 1.73. The zero-order valence-corrected chi connectivity index (χ0v) is 16.9. The summed E-state index contributed by atoms with van der Waals surface area (Å²) in [6, 6.07) is 16.3. The van der Waals surface area contributed by atoms with Crippen molar-refractivity contribution >= 4 is 11.3 Å². The molecule has 0 aliphatic carbocycles. The van der Waals surface area contributed by atoms with Crippen molar-refractivity contribution in [2.75, 3.05) is 6.54 Å². The number of carbonyl (C=O) groups is 1. The number of carbonyl (C=O) groups excluding carboxylic acids is 1. The maximum Gasteiger partial charge on any atom is 0.210 e. The van der Waals surface area contributed by atoms with Crippen LogP contribution >= 0.6 is 0 Å². The van der Waals surface area contributed by atoms with Gasteiger partial charge in [0.2, 0.25) is 5.78 Å². The largest absolute Gasteiger partial charge is 0.313 e. The number of hydrogen-bond acceptors (Lipinski definition) is 2. The molecule has 0 saturated heterocycles. The maximum atomic E-state index is 13.2. The number of aromatic nitrogens is 1. The van der Waals surface area contributed by atoms with Crippen molar-refractivity contribution in [3.05, 3.63) is 77.1 Å². The lowest BCUT2D eigenvalue weighted by Gasteiger charge is -2.20. The highest BCUT2D eigenvalue weighted by atomic mass is 16.1. The van der Waals surface area contributed by atoms with Gasteiger partial charge in [-0.3, -0.25) is 4.79 Å². The minimum atomic E-state index is 0.0963. The Bertz CT molecular complexity index is 914. The summed E-state index contributed by atoms with van der Waals surface area (Å²) in [6.07, 6.45) is 4.93. The molecule has 0 atom stereocenters. The molecule has 0 saturated carbocycles. The van der Waals surface area contributed by atoms with Gasteiger partial charge >= 0.3 is 0 Å². The second kappa shape index (κ2) is 8.10. The van der Waals surface area contributed by atoms with E-state index >= 15 is 0 Å². The summed E-state index contributed by atoms with van der Waals surface area (Å²) in [4.78, 5) is 13.2. The molecule has 2 aromatic heterocycles. The molecule has 0 aliphatic rings. The van der Waals surface area contributed by atoms with Crippen LogP contribution in [0.15, 0.2) is 54.7 Å². The van der Waals surface area contributed by atoms with Crippen LogP contribution in [-0.4, -0.2) is 22.3 Å². The molecule has 0 fully saturated rings. The maximum absolute atomic E-state index is 13.2. The highest BCUT2D eigenvalue weighted by Gasteiger charge is 2.18. The van der Waals surface area contributed by atoms with Gasteiger partial charge in [0.1, 0.15) is 0 Å². The summed E-state index contributed by atoms with van der Waals surface area (Å²) in [5.74, 6) is 0.0963. The van der Waals surface area contributed by atoms with E-state index in [1.54, 1.807) is 0 Å². The van der Waals surface area contributed by atoms with Crippen LogP contribution in [0.4, 0.5) is 0 Å². The molecule has 0 unspecified atom stereocenters. The Morgan fingerprint density at radius 2 is 1.81 bits per heavy atom. The average Bonchev–Trinajstić information content (AvgIpc) is 3.03. The Hall–Kier alpha value is -2.39. The fraction of sp³-hybridized carbons (Fsp3) is 0.375. The second-order valence-electron chi connectivity index (χ2n) is 8.17. The van der Waals surface area contributed by atoms with E-state index in [0.717, 1.165) is 48.1 Å². The van der Waals surface area contributed by atoms with E-state index in [1.165, 1.54) is 5.56 Å². The predicted molar refractivity (Wildman–Crippen MR) is 113 cm³/mol. The molecular formula is C24H30N2O. The van der Waals surface area contributed by atoms with Gasteiger partial charge in [-0.15, -0.1) is 0 Å². The molecule has 0 amide bonds. The molecule has 3 rings (SSSR count). The van der Waals surface area contributed by atoms with E-state index in [2.05, 4.69) is 51.2 Å². The number of rotatable bonds is 7. The summed E-state index contributed by atoms with van der Waals surface area (Å²) in [7, 11) is 0. The molecule has 3 nitrogen and oxygen atoms in total. The SMILES string of the molecule is CCc1cc2ccccn2c1C(=O)c1ccc(CCCNC(C)(C)C)cc1. The number of pyridine rings is 1. The molecule has 142 valence electrons. The molecule has 0 bridgehead atoms. The lowest BCUT2D eigenvalue weighted by Crippen LogP contribution is -2.36. The van der Waals surface area contributed by atoms with Gasteiger partial charge in [-0.1, -0.05) is 37.3 Å². The van der Waals surface area contributed by atoms with Crippen LogP contribution in [0, 0.1) is 0 Å². The van der Waals surface area contributed by atoms with Gasteiger partial charge in [0.05, 0.1) is 5.69 Å². The van der Waals surface area contributed by atoms with Gasteiger partial charge < -0.3 is 9.72 Å². The Kier molecular flexibility index (Phi) is 5.81. The summed E-state index contributed by atoms with van der Waals surface area (Å²) in [5, 5.41) is 3.51. The Labute approximate surface area is 162 Å². The van der Waals surface area contributed by atoms with E-state index < -0.39 is 0 Å². The van der Waals surface area contributed by atoms with Crippen LogP contribution in [0.1, 0.15) is 61.3 Å². The van der Waals surface area contributed by atoms with Crippen molar-refractivity contribution in [2.24, 2.45) is 0 Å². The lowest BCUT2D eigenvalue weighted by molar-refractivity contribution is 0.103. The minimum Gasteiger partial charge on any atom is -0.313 e.